The molecule has 0 saturated carbocycles. The van der Waals surface area contributed by atoms with Crippen LogP contribution in [0.5, 0.6) is 11.5 Å². The number of carbonyl (C=O) groups excluding carboxylic acids is 2. The Morgan fingerprint density at radius 2 is 1.84 bits per heavy atom. The van der Waals surface area contributed by atoms with Gasteiger partial charge in [-0.25, -0.2) is 9.59 Å². The highest BCUT2D eigenvalue weighted by atomic mass is 16.6. The molecule has 1 aliphatic carbocycles. The fourth-order valence-corrected chi connectivity index (χ4v) is 3.82. The molecule has 0 bridgehead atoms. The highest BCUT2D eigenvalue weighted by Gasteiger charge is 2.50. The first-order valence-corrected chi connectivity index (χ1v) is 10.2. The third kappa shape index (κ3) is 3.41. The zero-order valence-corrected chi connectivity index (χ0v) is 18.6. The predicted molar refractivity (Wildman–Crippen MR) is 115 cm³/mol. The van der Waals surface area contributed by atoms with Crippen LogP contribution in [0.25, 0.3) is 11.4 Å². The summed E-state index contributed by atoms with van der Waals surface area (Å²) in [4.78, 5) is 30.2. The third-order valence-electron chi connectivity index (χ3n) is 5.39. The van der Waals surface area contributed by atoms with Gasteiger partial charge in [0.2, 0.25) is 0 Å². The lowest BCUT2D eigenvalue weighted by Gasteiger charge is -2.32. The van der Waals surface area contributed by atoms with Crippen molar-refractivity contribution in [3.63, 3.8) is 0 Å². The number of aryl methyl sites for hydroxylation is 1. The van der Waals surface area contributed by atoms with E-state index in [9.17, 15) is 14.7 Å². The van der Waals surface area contributed by atoms with Crippen LogP contribution in [-0.4, -0.2) is 37.0 Å². The molecule has 0 saturated heterocycles. The number of aromatic hydroxyl groups is 1. The minimum absolute atomic E-state index is 0.0187. The molecule has 164 valence electrons. The van der Waals surface area contributed by atoms with E-state index in [0.717, 1.165) is 5.70 Å². The van der Waals surface area contributed by atoms with Crippen molar-refractivity contribution in [2.45, 2.75) is 53.2 Å². The van der Waals surface area contributed by atoms with E-state index in [2.05, 4.69) is 6.58 Å². The SMILES string of the molecule is C=C(C)C(=O)Oc1cc(O)c(-n2n3n2C2C3=CC=C(C(=O)OC(C)(C)C)C2C)cc1C. The van der Waals surface area contributed by atoms with Crippen molar-refractivity contribution in [2.75, 3.05) is 0 Å². The molecule has 8 heteroatoms. The molecule has 2 atom stereocenters. The van der Waals surface area contributed by atoms with Gasteiger partial charge in [-0.15, -0.1) is 0 Å². The van der Waals surface area contributed by atoms with Crippen molar-refractivity contribution < 1.29 is 24.2 Å². The van der Waals surface area contributed by atoms with Crippen LogP contribution in [0, 0.1) is 12.8 Å². The summed E-state index contributed by atoms with van der Waals surface area (Å²) in [5, 5.41) is 10.6. The monoisotopic (exact) mass is 425 g/mol. The van der Waals surface area contributed by atoms with Gasteiger partial charge in [-0.2, -0.15) is 14.4 Å². The van der Waals surface area contributed by atoms with Gasteiger partial charge in [0.05, 0.1) is 5.70 Å². The smallest absolute Gasteiger partial charge is 0.338 e. The van der Waals surface area contributed by atoms with E-state index in [1.165, 1.54) is 6.07 Å². The fourth-order valence-electron chi connectivity index (χ4n) is 3.82. The highest BCUT2D eigenvalue weighted by Crippen LogP contribution is 2.50. The zero-order valence-electron chi connectivity index (χ0n) is 18.6. The summed E-state index contributed by atoms with van der Waals surface area (Å²) in [6.45, 7) is 14.5. The lowest BCUT2D eigenvalue weighted by Crippen LogP contribution is -2.34. The van der Waals surface area contributed by atoms with Crippen LogP contribution in [0.4, 0.5) is 0 Å². The van der Waals surface area contributed by atoms with E-state index in [1.807, 2.05) is 54.2 Å². The highest BCUT2D eigenvalue weighted by molar-refractivity contribution is 5.92. The summed E-state index contributed by atoms with van der Waals surface area (Å²) in [5.74, 6) is -0.665. The number of rotatable bonds is 4. The van der Waals surface area contributed by atoms with Crippen LogP contribution >= 0.6 is 0 Å². The van der Waals surface area contributed by atoms with Crippen LogP contribution in [0.3, 0.4) is 0 Å². The minimum atomic E-state index is -0.558. The summed E-state index contributed by atoms with van der Waals surface area (Å²) in [6, 6.07) is 3.17. The topological polar surface area (TPSA) is 87.6 Å². The Morgan fingerprint density at radius 1 is 1.16 bits per heavy atom. The lowest BCUT2D eigenvalue weighted by atomic mass is 9.85. The molecular formula is C23H27N3O5. The van der Waals surface area contributed by atoms with Crippen molar-refractivity contribution in [3.8, 4) is 17.2 Å². The van der Waals surface area contributed by atoms with E-state index < -0.39 is 11.6 Å². The van der Waals surface area contributed by atoms with E-state index in [1.54, 1.807) is 19.9 Å². The van der Waals surface area contributed by atoms with Crippen molar-refractivity contribution in [3.05, 3.63) is 47.6 Å². The first kappa shape index (κ1) is 20.8. The number of phenols is 1. The average molecular weight is 425 g/mol. The molecule has 31 heavy (non-hydrogen) atoms. The Morgan fingerprint density at radius 3 is 2.45 bits per heavy atom. The molecule has 2 aromatic rings. The summed E-state index contributed by atoms with van der Waals surface area (Å²) in [6.07, 6.45) is 3.72. The van der Waals surface area contributed by atoms with Crippen LogP contribution in [0.15, 0.2) is 42.0 Å². The van der Waals surface area contributed by atoms with Gasteiger partial charge < -0.3 is 14.6 Å². The van der Waals surface area contributed by atoms with Gasteiger partial charge in [0.1, 0.15) is 28.8 Å². The van der Waals surface area contributed by atoms with Crippen molar-refractivity contribution in [1.82, 2.24) is 14.4 Å². The number of hydrogen-bond acceptors (Lipinski definition) is 5. The predicted octanol–water partition coefficient (Wildman–Crippen LogP) is 3.89. The fraction of sp³-hybridized carbons (Fsp3) is 0.391. The molecular weight excluding hydrogens is 398 g/mol. The van der Waals surface area contributed by atoms with Crippen molar-refractivity contribution in [1.29, 1.82) is 0 Å². The number of ether oxygens (including phenoxy) is 2. The van der Waals surface area contributed by atoms with Crippen LogP contribution in [-0.2, 0) is 14.3 Å². The number of hydrogen-bond donors (Lipinski definition) is 1. The number of aromatic nitrogens is 3. The van der Waals surface area contributed by atoms with E-state index in [-0.39, 0.29) is 35.0 Å². The number of fused-ring (bicyclic) bond motifs is 4. The maximum atomic E-state index is 12.6. The molecule has 2 unspecified atom stereocenters. The Kier molecular flexibility index (Phi) is 4.57. The first-order valence-electron chi connectivity index (χ1n) is 10.2. The van der Waals surface area contributed by atoms with Gasteiger partial charge in [-0.05, 0) is 58.4 Å². The van der Waals surface area contributed by atoms with Crippen molar-refractivity contribution >= 4 is 17.6 Å². The molecule has 4 rings (SSSR count). The number of nitrogens with zero attached hydrogens (tertiary/aromatic N) is 3. The maximum absolute atomic E-state index is 12.6. The number of carbonyl (C=O) groups is 2. The molecule has 0 radical (unpaired) electrons. The van der Waals surface area contributed by atoms with Crippen molar-refractivity contribution in [2.24, 2.45) is 5.92 Å². The van der Waals surface area contributed by atoms with E-state index in [0.29, 0.717) is 16.8 Å². The molecule has 2 aliphatic rings. The third-order valence-corrected chi connectivity index (χ3v) is 5.39. The molecule has 8 nitrogen and oxygen atoms in total. The van der Waals surface area contributed by atoms with Gasteiger partial charge in [-0.1, -0.05) is 13.5 Å². The van der Waals surface area contributed by atoms with Crippen LogP contribution in [0.2, 0.25) is 0 Å². The van der Waals surface area contributed by atoms with Gasteiger partial charge in [0.25, 0.3) is 0 Å². The van der Waals surface area contributed by atoms with Gasteiger partial charge >= 0.3 is 11.9 Å². The van der Waals surface area contributed by atoms with E-state index in [4.69, 9.17) is 9.47 Å². The van der Waals surface area contributed by atoms with Gasteiger partial charge in [0.15, 0.2) is 0 Å². The molecule has 1 aromatic carbocycles. The second kappa shape index (κ2) is 6.80. The maximum Gasteiger partial charge on any atom is 0.338 e. The standard InChI is InChI=1S/C23H27N3O5/c1-12(2)21(28)30-19-11-18(27)17(10-13(19)3)25-24-16-9-8-15(14(4)20(16)26(24)25)22(29)31-23(5,6)7/h8-11,14,20,27H,1H2,2-7H3. The second-order valence-corrected chi connectivity index (χ2v) is 9.12. The van der Waals surface area contributed by atoms with Crippen LogP contribution < -0.4 is 4.74 Å². The summed E-state index contributed by atoms with van der Waals surface area (Å²) in [5.41, 5.74) is 2.65. The molecule has 0 spiro atoms. The van der Waals surface area contributed by atoms with E-state index >= 15 is 0 Å². The van der Waals surface area contributed by atoms with Gasteiger partial charge in [0, 0.05) is 23.1 Å². The Labute approximate surface area is 180 Å². The Balaban J connectivity index is 1.58. The molecule has 0 fully saturated rings. The summed E-state index contributed by atoms with van der Waals surface area (Å²) < 4.78 is 10.8. The Bertz CT molecular complexity index is 1180. The number of esters is 2. The summed E-state index contributed by atoms with van der Waals surface area (Å²) in [7, 11) is 0. The average Bonchev–Trinajstić information content (AvgIpc) is 3.27. The Hall–Kier alpha value is -3.42. The second-order valence-electron chi connectivity index (χ2n) is 9.12. The molecule has 1 aromatic heterocycles. The molecule has 2 heterocycles. The largest absolute Gasteiger partial charge is 0.505 e. The number of benzene rings is 1. The first-order chi connectivity index (χ1) is 14.4. The zero-order chi connectivity index (χ0) is 22.8. The minimum Gasteiger partial charge on any atom is -0.505 e. The van der Waals surface area contributed by atoms with Gasteiger partial charge in [-0.3, -0.25) is 0 Å². The van der Waals surface area contributed by atoms with Crippen LogP contribution in [0.1, 0.15) is 46.2 Å². The lowest BCUT2D eigenvalue weighted by molar-refractivity contribution is -0.150. The molecule has 0 amide bonds. The summed E-state index contributed by atoms with van der Waals surface area (Å²) >= 11 is 0. The quantitative estimate of drug-likeness (QED) is 0.456. The molecule has 1 N–H and O–H groups in total. The number of phenolic OH excluding ortho intramolecular Hbond substituents is 1. The number of allylic oxidation sites excluding steroid dienone is 3. The molecule has 1 aliphatic heterocycles. The normalized spacial score (nSPS) is 19.5.